The van der Waals surface area contributed by atoms with E-state index < -0.39 is 0 Å². The number of hydrogen-bond donors (Lipinski definition) is 2. The summed E-state index contributed by atoms with van der Waals surface area (Å²) in [5.41, 5.74) is 4.53. The summed E-state index contributed by atoms with van der Waals surface area (Å²) in [5.74, 6) is -0.549. The van der Waals surface area contributed by atoms with E-state index in [-0.39, 0.29) is 17.5 Å². The van der Waals surface area contributed by atoms with Crippen molar-refractivity contribution < 1.29 is 9.59 Å². The van der Waals surface area contributed by atoms with Crippen LogP contribution in [0, 0.1) is 6.92 Å². The molecule has 0 radical (unpaired) electrons. The minimum absolute atomic E-state index is 0.262. The maximum atomic E-state index is 12.9. The SMILES string of the molecule is Cc1ccccc1C(=O)N/C(=C\c1cccs1)C(=O)NCCCN1CCc2ccccc2C1. The number of carbonyl (C=O) groups is 2. The summed E-state index contributed by atoms with van der Waals surface area (Å²) in [5, 5.41) is 7.75. The van der Waals surface area contributed by atoms with E-state index in [1.807, 2.05) is 42.6 Å². The Morgan fingerprint density at radius 2 is 1.82 bits per heavy atom. The van der Waals surface area contributed by atoms with Crippen LogP contribution in [0.25, 0.3) is 6.08 Å². The van der Waals surface area contributed by atoms with Crippen molar-refractivity contribution in [1.29, 1.82) is 0 Å². The van der Waals surface area contributed by atoms with Crippen LogP contribution in [-0.2, 0) is 17.8 Å². The average Bonchev–Trinajstić information content (AvgIpc) is 3.34. The number of benzene rings is 2. The molecule has 0 atom stereocenters. The van der Waals surface area contributed by atoms with Crippen LogP contribution in [-0.4, -0.2) is 36.3 Å². The Balaban J connectivity index is 1.33. The van der Waals surface area contributed by atoms with Gasteiger partial charge >= 0.3 is 0 Å². The van der Waals surface area contributed by atoms with E-state index in [0.29, 0.717) is 12.1 Å². The van der Waals surface area contributed by atoms with Crippen molar-refractivity contribution in [3.05, 3.63) is 98.9 Å². The maximum absolute atomic E-state index is 12.9. The van der Waals surface area contributed by atoms with Crippen LogP contribution in [0.2, 0.25) is 0 Å². The van der Waals surface area contributed by atoms with Gasteiger partial charge in [-0.1, -0.05) is 48.5 Å². The standard InChI is InChI=1S/C27H29N3O2S/c1-20-8-2-5-12-24(20)26(31)29-25(18-23-11-6-17-33-23)27(32)28-14-7-15-30-16-13-21-9-3-4-10-22(21)19-30/h2-6,8-12,17-18H,7,13-16,19H2,1H3,(H,28,32)(H,29,31)/b25-18-. The molecule has 5 nitrogen and oxygen atoms in total. The molecule has 1 aliphatic heterocycles. The molecule has 0 fully saturated rings. The normalized spacial score (nSPS) is 13.9. The molecule has 33 heavy (non-hydrogen) atoms. The van der Waals surface area contributed by atoms with E-state index in [4.69, 9.17) is 0 Å². The second-order valence-corrected chi connectivity index (χ2v) is 9.23. The molecule has 0 saturated heterocycles. The lowest BCUT2D eigenvalue weighted by atomic mass is 10.00. The summed E-state index contributed by atoms with van der Waals surface area (Å²) in [4.78, 5) is 29.1. The lowest BCUT2D eigenvalue weighted by molar-refractivity contribution is -0.117. The number of nitrogens with one attached hydrogen (secondary N) is 2. The van der Waals surface area contributed by atoms with Crippen LogP contribution in [0.15, 0.2) is 71.7 Å². The number of carbonyl (C=O) groups excluding carboxylic acids is 2. The molecule has 4 rings (SSSR count). The van der Waals surface area contributed by atoms with Crippen molar-refractivity contribution in [2.45, 2.75) is 26.3 Å². The van der Waals surface area contributed by atoms with Crippen LogP contribution in [0.1, 0.15) is 38.3 Å². The van der Waals surface area contributed by atoms with Crippen molar-refractivity contribution in [2.24, 2.45) is 0 Å². The fraction of sp³-hybridized carbons (Fsp3) is 0.259. The highest BCUT2D eigenvalue weighted by Crippen LogP contribution is 2.18. The molecule has 3 aromatic rings. The quantitative estimate of drug-likeness (QED) is 0.388. The number of amides is 2. The van der Waals surface area contributed by atoms with Crippen molar-refractivity contribution in [3.63, 3.8) is 0 Å². The summed E-state index contributed by atoms with van der Waals surface area (Å²) in [7, 11) is 0. The first-order valence-electron chi connectivity index (χ1n) is 11.3. The Morgan fingerprint density at radius 1 is 1.03 bits per heavy atom. The van der Waals surface area contributed by atoms with Gasteiger partial charge in [0.1, 0.15) is 5.70 Å². The molecule has 2 heterocycles. The van der Waals surface area contributed by atoms with E-state index in [1.54, 1.807) is 12.1 Å². The van der Waals surface area contributed by atoms with Crippen molar-refractivity contribution in [3.8, 4) is 0 Å². The van der Waals surface area contributed by atoms with Crippen molar-refractivity contribution in [2.75, 3.05) is 19.6 Å². The lowest BCUT2D eigenvalue weighted by Gasteiger charge is -2.28. The third-order valence-corrected chi connectivity index (χ3v) is 6.68. The summed E-state index contributed by atoms with van der Waals surface area (Å²) in [6, 6.07) is 19.8. The highest BCUT2D eigenvalue weighted by atomic mass is 32.1. The van der Waals surface area contributed by atoms with Crippen molar-refractivity contribution in [1.82, 2.24) is 15.5 Å². The zero-order valence-corrected chi connectivity index (χ0v) is 19.7. The molecular formula is C27H29N3O2S. The minimum Gasteiger partial charge on any atom is -0.351 e. The van der Waals surface area contributed by atoms with Gasteiger partial charge in [-0.05, 0) is 60.0 Å². The molecule has 1 aliphatic rings. The summed E-state index contributed by atoms with van der Waals surface area (Å²) < 4.78 is 0. The summed E-state index contributed by atoms with van der Waals surface area (Å²) in [6.45, 7) is 5.37. The van der Waals surface area contributed by atoms with Gasteiger partial charge in [0, 0.05) is 36.6 Å². The minimum atomic E-state index is -0.280. The van der Waals surface area contributed by atoms with Gasteiger partial charge in [0.2, 0.25) is 0 Å². The van der Waals surface area contributed by atoms with Gasteiger partial charge in [-0.25, -0.2) is 0 Å². The number of aryl methyl sites for hydroxylation is 1. The van der Waals surface area contributed by atoms with Gasteiger partial charge in [-0.3, -0.25) is 14.5 Å². The molecule has 170 valence electrons. The first-order chi connectivity index (χ1) is 16.1. The molecule has 0 unspecified atom stereocenters. The average molecular weight is 460 g/mol. The van der Waals surface area contributed by atoms with E-state index in [0.717, 1.165) is 42.9 Å². The lowest BCUT2D eigenvalue weighted by Crippen LogP contribution is -2.37. The highest BCUT2D eigenvalue weighted by molar-refractivity contribution is 7.10. The monoisotopic (exact) mass is 459 g/mol. The third-order valence-electron chi connectivity index (χ3n) is 5.86. The van der Waals surface area contributed by atoms with Crippen LogP contribution in [0.3, 0.4) is 0 Å². The molecule has 6 heteroatoms. The zero-order valence-electron chi connectivity index (χ0n) is 18.8. The van der Waals surface area contributed by atoms with Gasteiger partial charge < -0.3 is 10.6 Å². The van der Waals surface area contributed by atoms with E-state index in [2.05, 4.69) is 39.8 Å². The molecule has 0 bridgehead atoms. The van der Waals surface area contributed by atoms with Gasteiger partial charge in [0.05, 0.1) is 0 Å². The second kappa shape index (κ2) is 11.1. The number of thiophene rings is 1. The van der Waals surface area contributed by atoms with E-state index >= 15 is 0 Å². The first kappa shape index (κ1) is 23.0. The van der Waals surface area contributed by atoms with E-state index in [1.165, 1.54) is 22.5 Å². The van der Waals surface area contributed by atoms with Gasteiger partial charge in [0.25, 0.3) is 11.8 Å². The number of nitrogens with zero attached hydrogens (tertiary/aromatic N) is 1. The Morgan fingerprint density at radius 3 is 2.61 bits per heavy atom. The Bertz CT molecular complexity index is 1140. The Hall–Kier alpha value is -3.22. The maximum Gasteiger partial charge on any atom is 0.267 e. The van der Waals surface area contributed by atoms with Gasteiger partial charge in [-0.2, -0.15) is 0 Å². The largest absolute Gasteiger partial charge is 0.351 e. The Labute approximate surface area is 199 Å². The number of rotatable bonds is 8. The molecule has 0 saturated carbocycles. The third kappa shape index (κ3) is 6.18. The highest BCUT2D eigenvalue weighted by Gasteiger charge is 2.17. The molecule has 2 N–H and O–H groups in total. The predicted octanol–water partition coefficient (Wildman–Crippen LogP) is 4.39. The van der Waals surface area contributed by atoms with Crippen molar-refractivity contribution >= 4 is 29.2 Å². The fourth-order valence-electron chi connectivity index (χ4n) is 4.04. The first-order valence-corrected chi connectivity index (χ1v) is 12.2. The topological polar surface area (TPSA) is 61.4 Å². The molecule has 0 spiro atoms. The second-order valence-electron chi connectivity index (χ2n) is 8.25. The number of hydrogen-bond acceptors (Lipinski definition) is 4. The predicted molar refractivity (Wildman–Crippen MR) is 134 cm³/mol. The van der Waals surface area contributed by atoms with Crippen LogP contribution in [0.5, 0.6) is 0 Å². The zero-order chi connectivity index (χ0) is 23.0. The molecule has 2 aromatic carbocycles. The molecule has 1 aromatic heterocycles. The summed E-state index contributed by atoms with van der Waals surface area (Å²) in [6.07, 6.45) is 3.66. The molecule has 0 aliphatic carbocycles. The fourth-order valence-corrected chi connectivity index (χ4v) is 4.69. The van der Waals surface area contributed by atoms with Crippen LogP contribution >= 0.6 is 11.3 Å². The number of fused-ring (bicyclic) bond motifs is 1. The molecule has 2 amide bonds. The van der Waals surface area contributed by atoms with Gasteiger partial charge in [0.15, 0.2) is 0 Å². The van der Waals surface area contributed by atoms with Gasteiger partial charge in [-0.15, -0.1) is 11.3 Å². The van der Waals surface area contributed by atoms with E-state index in [9.17, 15) is 9.59 Å². The van der Waals surface area contributed by atoms with Crippen LogP contribution in [0.4, 0.5) is 0 Å². The molecular weight excluding hydrogens is 430 g/mol. The van der Waals surface area contributed by atoms with Crippen LogP contribution < -0.4 is 10.6 Å². The summed E-state index contributed by atoms with van der Waals surface area (Å²) >= 11 is 1.52. The Kier molecular flexibility index (Phi) is 7.70. The smallest absolute Gasteiger partial charge is 0.267 e.